The molecule has 0 aliphatic carbocycles. The van der Waals surface area contributed by atoms with E-state index in [-0.39, 0.29) is 31.7 Å². The van der Waals surface area contributed by atoms with Crippen LogP contribution >= 0.6 is 0 Å². The normalized spacial score (nSPS) is 10.8. The quantitative estimate of drug-likeness (QED) is 0.150. The predicted octanol–water partition coefficient (Wildman–Crippen LogP) is 5.05. The fourth-order valence-corrected chi connectivity index (χ4v) is 3.13. The Morgan fingerprint density at radius 3 is 2.06 bits per heavy atom. The molecule has 0 bridgehead atoms. The molecule has 0 N–H and O–H groups in total. The maximum atomic E-state index is 13.4. The first-order chi connectivity index (χ1) is 16.9. The van der Waals surface area contributed by atoms with Gasteiger partial charge in [0.2, 0.25) is 0 Å². The third-order valence-corrected chi connectivity index (χ3v) is 4.79. The molecule has 0 saturated carbocycles. The van der Waals surface area contributed by atoms with Crippen LogP contribution in [0, 0.1) is 0 Å². The first-order valence-electron chi connectivity index (χ1n) is 11.0. The number of benzene rings is 2. The van der Waals surface area contributed by atoms with Crippen LogP contribution in [0.3, 0.4) is 0 Å². The van der Waals surface area contributed by atoms with Crippen molar-refractivity contribution in [2.75, 3.05) is 48.8 Å². The monoisotopic (exact) mass is 486 g/mol. The van der Waals surface area contributed by atoms with Crippen LogP contribution in [0.4, 0.5) is 0 Å². The predicted molar refractivity (Wildman–Crippen MR) is 133 cm³/mol. The number of hydrogen-bond acceptors (Lipinski definition) is 8. The van der Waals surface area contributed by atoms with Gasteiger partial charge in [0.05, 0.1) is 7.11 Å². The zero-order valence-corrected chi connectivity index (χ0v) is 21.2. The van der Waals surface area contributed by atoms with Crippen molar-refractivity contribution in [2.24, 2.45) is 0 Å². The van der Waals surface area contributed by atoms with Gasteiger partial charge >= 0.3 is 0 Å². The summed E-state index contributed by atoms with van der Waals surface area (Å²) in [5.74, 6) is 1.54. The lowest BCUT2D eigenvalue weighted by Crippen LogP contribution is -2.12. The number of methoxy groups -OCH3 is 4. The lowest BCUT2D eigenvalue weighted by atomic mass is 9.99. The van der Waals surface area contributed by atoms with Gasteiger partial charge in [0, 0.05) is 33.0 Å². The number of hydrogen-bond donors (Lipinski definition) is 0. The lowest BCUT2D eigenvalue weighted by Gasteiger charge is -2.20. The van der Waals surface area contributed by atoms with E-state index in [0.29, 0.717) is 35.0 Å². The van der Waals surface area contributed by atoms with Crippen molar-refractivity contribution in [3.8, 4) is 23.0 Å². The van der Waals surface area contributed by atoms with E-state index >= 15 is 0 Å². The summed E-state index contributed by atoms with van der Waals surface area (Å²) in [6.07, 6.45) is 5.70. The fraction of sp³-hybridized carbons (Fsp3) is 0.370. The Hall–Kier alpha value is -3.33. The first kappa shape index (κ1) is 27.9. The Bertz CT molecular complexity index is 1000. The van der Waals surface area contributed by atoms with E-state index in [0.717, 1.165) is 11.1 Å². The van der Waals surface area contributed by atoms with Crippen LogP contribution in [0.2, 0.25) is 0 Å². The average molecular weight is 487 g/mol. The molecule has 2 rings (SSSR count). The van der Waals surface area contributed by atoms with Crippen molar-refractivity contribution < 1.29 is 38.0 Å². The summed E-state index contributed by atoms with van der Waals surface area (Å²) < 4.78 is 37.7. The molecule has 35 heavy (non-hydrogen) atoms. The summed E-state index contributed by atoms with van der Waals surface area (Å²) in [5.41, 5.74) is 2.91. The van der Waals surface area contributed by atoms with Gasteiger partial charge in [-0.3, -0.25) is 4.79 Å². The maximum Gasteiger partial charge on any atom is 0.193 e. The fourth-order valence-electron chi connectivity index (χ4n) is 3.13. The van der Waals surface area contributed by atoms with Gasteiger partial charge in [-0.1, -0.05) is 29.9 Å². The van der Waals surface area contributed by atoms with Crippen LogP contribution < -0.4 is 18.9 Å². The summed E-state index contributed by atoms with van der Waals surface area (Å²) in [7, 11) is 6.10. The summed E-state index contributed by atoms with van der Waals surface area (Å²) in [6, 6.07) is 8.97. The SMILES string of the molecule is COCOc1ccc(C=CC(=O)c2c(OC)cc(OCOC)c(CC=C(C)C)c2OCOC)cc1. The third kappa shape index (κ3) is 8.43. The highest BCUT2D eigenvalue weighted by molar-refractivity contribution is 6.11. The van der Waals surface area contributed by atoms with Gasteiger partial charge in [-0.05, 0) is 44.0 Å². The number of allylic oxidation sites excluding steroid dienone is 3. The Kier molecular flexibility index (Phi) is 11.8. The molecule has 2 aromatic carbocycles. The van der Waals surface area contributed by atoms with Crippen LogP contribution in [-0.4, -0.2) is 54.6 Å². The van der Waals surface area contributed by atoms with Crippen LogP contribution in [-0.2, 0) is 20.6 Å². The van der Waals surface area contributed by atoms with Gasteiger partial charge in [0.25, 0.3) is 0 Å². The number of rotatable bonds is 15. The molecule has 8 nitrogen and oxygen atoms in total. The summed E-state index contributed by atoms with van der Waals surface area (Å²) in [4.78, 5) is 13.4. The topological polar surface area (TPSA) is 81.7 Å². The van der Waals surface area contributed by atoms with E-state index in [2.05, 4.69) is 0 Å². The number of carbonyl (C=O) groups is 1. The minimum absolute atomic E-state index is 0.0337. The third-order valence-electron chi connectivity index (χ3n) is 4.79. The number of ketones is 1. The van der Waals surface area contributed by atoms with E-state index in [1.807, 2.05) is 32.1 Å². The molecular formula is C27H34O8. The van der Waals surface area contributed by atoms with Crippen molar-refractivity contribution in [1.29, 1.82) is 0 Å². The Morgan fingerprint density at radius 1 is 0.829 bits per heavy atom. The zero-order valence-electron chi connectivity index (χ0n) is 21.2. The van der Waals surface area contributed by atoms with Crippen molar-refractivity contribution in [3.05, 3.63) is 64.7 Å². The molecule has 0 heterocycles. The molecule has 190 valence electrons. The van der Waals surface area contributed by atoms with E-state index in [1.165, 1.54) is 27.4 Å². The van der Waals surface area contributed by atoms with E-state index in [1.54, 1.807) is 31.4 Å². The van der Waals surface area contributed by atoms with Crippen molar-refractivity contribution in [2.45, 2.75) is 20.3 Å². The number of carbonyl (C=O) groups excluding carboxylic acids is 1. The minimum Gasteiger partial charge on any atom is -0.496 e. The van der Waals surface area contributed by atoms with Crippen LogP contribution in [0.15, 0.2) is 48.1 Å². The van der Waals surface area contributed by atoms with Gasteiger partial charge < -0.3 is 33.2 Å². The maximum absolute atomic E-state index is 13.4. The van der Waals surface area contributed by atoms with Crippen LogP contribution in [0.25, 0.3) is 6.08 Å². The molecule has 0 spiro atoms. The van der Waals surface area contributed by atoms with Gasteiger partial charge in [-0.2, -0.15) is 0 Å². The van der Waals surface area contributed by atoms with Crippen molar-refractivity contribution in [3.63, 3.8) is 0 Å². The first-order valence-corrected chi connectivity index (χ1v) is 11.0. The standard InChI is InChI=1S/C27H34O8/c1-19(2)7-13-22-24(34-17-30-4)15-25(32-6)26(27(22)35-18-31-5)23(28)14-10-20-8-11-21(12-9-20)33-16-29-3/h7-12,14-15H,13,16-18H2,1-6H3. The highest BCUT2D eigenvalue weighted by Gasteiger charge is 2.25. The molecule has 2 aromatic rings. The zero-order chi connectivity index (χ0) is 25.6. The Morgan fingerprint density at radius 2 is 1.46 bits per heavy atom. The summed E-state index contributed by atoms with van der Waals surface area (Å²) >= 11 is 0. The molecule has 0 fully saturated rings. The molecule has 0 unspecified atom stereocenters. The van der Waals surface area contributed by atoms with Crippen molar-refractivity contribution >= 4 is 11.9 Å². The smallest absolute Gasteiger partial charge is 0.193 e. The molecule has 0 saturated heterocycles. The molecule has 0 radical (unpaired) electrons. The van der Waals surface area contributed by atoms with Gasteiger partial charge in [-0.25, -0.2) is 0 Å². The molecule has 0 aliphatic heterocycles. The second kappa shape index (κ2) is 14.8. The van der Waals surface area contributed by atoms with E-state index < -0.39 is 0 Å². The highest BCUT2D eigenvalue weighted by atomic mass is 16.7. The van der Waals surface area contributed by atoms with E-state index in [9.17, 15) is 4.79 Å². The molecule has 8 heteroatoms. The second-order valence-electron chi connectivity index (χ2n) is 7.66. The lowest BCUT2D eigenvalue weighted by molar-refractivity contribution is 0.0440. The number of ether oxygens (including phenoxy) is 7. The van der Waals surface area contributed by atoms with Gasteiger partial charge in [-0.15, -0.1) is 0 Å². The van der Waals surface area contributed by atoms with Crippen LogP contribution in [0.5, 0.6) is 23.0 Å². The molecule has 0 aromatic heterocycles. The molecular weight excluding hydrogens is 452 g/mol. The Balaban J connectivity index is 2.50. The van der Waals surface area contributed by atoms with E-state index in [4.69, 9.17) is 33.2 Å². The molecule has 0 atom stereocenters. The minimum atomic E-state index is -0.288. The van der Waals surface area contributed by atoms with Gasteiger partial charge in [0.1, 0.15) is 28.6 Å². The van der Waals surface area contributed by atoms with Crippen molar-refractivity contribution in [1.82, 2.24) is 0 Å². The average Bonchev–Trinajstić information content (AvgIpc) is 2.87. The van der Waals surface area contributed by atoms with Gasteiger partial charge in [0.15, 0.2) is 26.2 Å². The molecule has 0 aliphatic rings. The van der Waals surface area contributed by atoms with Crippen LogP contribution in [0.1, 0.15) is 35.3 Å². The second-order valence-corrected chi connectivity index (χ2v) is 7.66. The summed E-state index contributed by atoms with van der Waals surface area (Å²) in [5, 5.41) is 0. The largest absolute Gasteiger partial charge is 0.496 e. The highest BCUT2D eigenvalue weighted by Crippen LogP contribution is 2.41. The Labute approximate surface area is 207 Å². The molecule has 0 amide bonds. The summed E-state index contributed by atoms with van der Waals surface area (Å²) in [6.45, 7) is 4.14.